The van der Waals surface area contributed by atoms with E-state index in [0.29, 0.717) is 13.0 Å². The molecule has 0 saturated heterocycles. The normalized spacial score (nSPS) is 12.3. The highest BCUT2D eigenvalue weighted by Crippen LogP contribution is 2.08. The topological polar surface area (TPSA) is 93.4 Å². The maximum absolute atomic E-state index is 11.9. The predicted octanol–water partition coefficient (Wildman–Crippen LogP) is 2.65. The lowest BCUT2D eigenvalue weighted by Gasteiger charge is -2.19. The molecule has 1 rings (SSSR count). The van der Waals surface area contributed by atoms with Gasteiger partial charge in [-0.3, -0.25) is 4.79 Å². The number of nitrogens with two attached hydrogens (primary N) is 1. The Morgan fingerprint density at radius 3 is 2.43 bits per heavy atom. The Kier molecular flexibility index (Phi) is 7.54. The van der Waals surface area contributed by atoms with Crippen molar-refractivity contribution in [3.05, 3.63) is 30.3 Å². The van der Waals surface area contributed by atoms with E-state index in [1.54, 1.807) is 0 Å². The molecule has 1 aromatic carbocycles. The third kappa shape index (κ3) is 8.83. The van der Waals surface area contributed by atoms with Crippen LogP contribution < -0.4 is 16.4 Å². The minimum Gasteiger partial charge on any atom is -0.444 e. The Morgan fingerprint density at radius 1 is 1.17 bits per heavy atom. The molecule has 0 heterocycles. The fourth-order valence-electron chi connectivity index (χ4n) is 1.88. The third-order valence-electron chi connectivity index (χ3n) is 2.99. The van der Waals surface area contributed by atoms with Crippen molar-refractivity contribution < 1.29 is 14.3 Å². The Bertz CT molecular complexity index is 498. The van der Waals surface area contributed by atoms with Crippen molar-refractivity contribution in [2.75, 3.05) is 11.9 Å². The van der Waals surface area contributed by atoms with E-state index in [-0.39, 0.29) is 5.91 Å². The first-order valence-electron chi connectivity index (χ1n) is 7.86. The number of amides is 2. The summed E-state index contributed by atoms with van der Waals surface area (Å²) in [6, 6.07) is 8.65. The number of rotatable bonds is 7. The molecule has 128 valence electrons. The molecule has 0 aromatic heterocycles. The number of hydrogen-bond acceptors (Lipinski definition) is 4. The monoisotopic (exact) mass is 321 g/mol. The smallest absolute Gasteiger partial charge is 0.407 e. The summed E-state index contributed by atoms with van der Waals surface area (Å²) >= 11 is 0. The molecule has 1 aromatic rings. The molecular formula is C17H27N3O3. The van der Waals surface area contributed by atoms with Crippen LogP contribution in [0.1, 0.15) is 40.0 Å². The summed E-state index contributed by atoms with van der Waals surface area (Å²) in [6.45, 7) is 5.95. The lowest BCUT2D eigenvalue weighted by Crippen LogP contribution is -2.36. The third-order valence-corrected chi connectivity index (χ3v) is 2.99. The van der Waals surface area contributed by atoms with Gasteiger partial charge in [-0.25, -0.2) is 4.79 Å². The van der Waals surface area contributed by atoms with E-state index in [1.165, 1.54) is 0 Å². The standard InChI is InChI=1S/C17H27N3O3/c1-17(2,3)23-16(22)19-12-8-7-11-14(18)15(21)20-13-9-5-4-6-10-13/h4-6,9-10,14H,7-8,11-12,18H2,1-3H3,(H,19,22)(H,20,21)/t14-/m0/s1. The van der Waals surface area contributed by atoms with Crippen molar-refractivity contribution in [1.29, 1.82) is 0 Å². The van der Waals surface area contributed by atoms with Gasteiger partial charge >= 0.3 is 6.09 Å². The Morgan fingerprint density at radius 2 is 1.83 bits per heavy atom. The SMILES string of the molecule is CC(C)(C)OC(=O)NCCCC[C@H](N)C(=O)Nc1ccccc1. The van der Waals surface area contributed by atoms with Crippen LogP contribution in [0.4, 0.5) is 10.5 Å². The van der Waals surface area contributed by atoms with Gasteiger partial charge in [-0.05, 0) is 52.2 Å². The lowest BCUT2D eigenvalue weighted by atomic mass is 10.1. The average Bonchev–Trinajstić information content (AvgIpc) is 2.45. The summed E-state index contributed by atoms with van der Waals surface area (Å²) in [5, 5.41) is 5.45. The number of hydrogen-bond donors (Lipinski definition) is 3. The zero-order valence-electron chi connectivity index (χ0n) is 14.1. The van der Waals surface area contributed by atoms with E-state index >= 15 is 0 Å². The van der Waals surface area contributed by atoms with Gasteiger partial charge < -0.3 is 21.1 Å². The number of alkyl carbamates (subject to hydrolysis) is 1. The van der Waals surface area contributed by atoms with E-state index in [1.807, 2.05) is 51.1 Å². The zero-order chi connectivity index (χ0) is 17.3. The van der Waals surface area contributed by atoms with Crippen LogP contribution in [-0.2, 0) is 9.53 Å². The molecule has 0 aliphatic carbocycles. The predicted molar refractivity (Wildman–Crippen MR) is 91.1 cm³/mol. The molecule has 0 aliphatic rings. The number of carbonyl (C=O) groups excluding carboxylic acids is 2. The van der Waals surface area contributed by atoms with Crippen molar-refractivity contribution in [2.24, 2.45) is 5.73 Å². The van der Waals surface area contributed by atoms with E-state index in [9.17, 15) is 9.59 Å². The van der Waals surface area contributed by atoms with Crippen LogP contribution in [0.15, 0.2) is 30.3 Å². The molecule has 2 amide bonds. The van der Waals surface area contributed by atoms with Gasteiger partial charge in [-0.15, -0.1) is 0 Å². The quantitative estimate of drug-likeness (QED) is 0.673. The second-order valence-electron chi connectivity index (χ2n) is 6.39. The van der Waals surface area contributed by atoms with E-state index in [0.717, 1.165) is 18.5 Å². The molecule has 6 nitrogen and oxygen atoms in total. The second kappa shape index (κ2) is 9.15. The highest BCUT2D eigenvalue weighted by atomic mass is 16.6. The highest BCUT2D eigenvalue weighted by Gasteiger charge is 2.16. The van der Waals surface area contributed by atoms with E-state index < -0.39 is 17.7 Å². The Labute approximate surface area is 137 Å². The molecule has 6 heteroatoms. The fraction of sp³-hybridized carbons (Fsp3) is 0.529. The number of para-hydroxylation sites is 1. The number of ether oxygens (including phenoxy) is 1. The zero-order valence-corrected chi connectivity index (χ0v) is 14.1. The van der Waals surface area contributed by atoms with Crippen LogP contribution >= 0.6 is 0 Å². The van der Waals surface area contributed by atoms with Gasteiger partial charge in [0.2, 0.25) is 5.91 Å². The minimum atomic E-state index is -0.559. The molecule has 23 heavy (non-hydrogen) atoms. The highest BCUT2D eigenvalue weighted by molar-refractivity contribution is 5.94. The first kappa shape index (κ1) is 19.0. The summed E-state index contributed by atoms with van der Waals surface area (Å²) in [5.74, 6) is -0.198. The molecule has 0 unspecified atom stereocenters. The number of anilines is 1. The van der Waals surface area contributed by atoms with Crippen LogP contribution in [0.3, 0.4) is 0 Å². The number of carbonyl (C=O) groups is 2. The minimum absolute atomic E-state index is 0.198. The van der Waals surface area contributed by atoms with Gasteiger partial charge in [-0.1, -0.05) is 18.2 Å². The van der Waals surface area contributed by atoms with Gasteiger partial charge in [0.25, 0.3) is 0 Å². The Balaban J connectivity index is 2.15. The van der Waals surface area contributed by atoms with Crippen molar-refractivity contribution in [3.8, 4) is 0 Å². The van der Waals surface area contributed by atoms with Gasteiger partial charge in [0.1, 0.15) is 5.60 Å². The van der Waals surface area contributed by atoms with Gasteiger partial charge in [0.05, 0.1) is 6.04 Å². The summed E-state index contributed by atoms with van der Waals surface area (Å²) < 4.78 is 5.13. The second-order valence-corrected chi connectivity index (χ2v) is 6.39. The fourth-order valence-corrected chi connectivity index (χ4v) is 1.88. The summed E-state index contributed by atoms with van der Waals surface area (Å²) in [7, 11) is 0. The maximum Gasteiger partial charge on any atom is 0.407 e. The summed E-state index contributed by atoms with van der Waals surface area (Å²) in [4.78, 5) is 23.4. The van der Waals surface area contributed by atoms with Crippen molar-refractivity contribution in [2.45, 2.75) is 51.7 Å². The van der Waals surface area contributed by atoms with Crippen molar-refractivity contribution in [1.82, 2.24) is 5.32 Å². The molecular weight excluding hydrogens is 294 g/mol. The molecule has 0 fully saturated rings. The van der Waals surface area contributed by atoms with E-state index in [4.69, 9.17) is 10.5 Å². The molecule has 0 aliphatic heterocycles. The number of nitrogens with one attached hydrogen (secondary N) is 2. The molecule has 0 saturated carbocycles. The van der Waals surface area contributed by atoms with Crippen LogP contribution in [0, 0.1) is 0 Å². The molecule has 0 spiro atoms. The Hall–Kier alpha value is -2.08. The summed E-state index contributed by atoms with van der Waals surface area (Å²) in [5.41, 5.74) is 6.10. The van der Waals surface area contributed by atoms with Crippen molar-refractivity contribution >= 4 is 17.7 Å². The number of unbranched alkanes of at least 4 members (excludes halogenated alkanes) is 1. The number of benzene rings is 1. The lowest BCUT2D eigenvalue weighted by molar-refractivity contribution is -0.117. The van der Waals surface area contributed by atoms with Gasteiger partial charge in [-0.2, -0.15) is 0 Å². The molecule has 0 radical (unpaired) electrons. The molecule has 0 bridgehead atoms. The molecule has 1 atom stereocenters. The van der Waals surface area contributed by atoms with Crippen LogP contribution in [-0.4, -0.2) is 30.2 Å². The first-order valence-corrected chi connectivity index (χ1v) is 7.86. The van der Waals surface area contributed by atoms with Gasteiger partial charge in [0, 0.05) is 12.2 Å². The maximum atomic E-state index is 11.9. The van der Waals surface area contributed by atoms with Crippen LogP contribution in [0.25, 0.3) is 0 Å². The summed E-state index contributed by atoms with van der Waals surface area (Å²) in [6.07, 6.45) is 1.63. The molecule has 4 N–H and O–H groups in total. The first-order chi connectivity index (χ1) is 10.8. The van der Waals surface area contributed by atoms with Crippen molar-refractivity contribution in [3.63, 3.8) is 0 Å². The van der Waals surface area contributed by atoms with Crippen LogP contribution in [0.2, 0.25) is 0 Å². The van der Waals surface area contributed by atoms with E-state index in [2.05, 4.69) is 10.6 Å². The average molecular weight is 321 g/mol. The van der Waals surface area contributed by atoms with Gasteiger partial charge in [0.15, 0.2) is 0 Å². The van der Waals surface area contributed by atoms with Crippen LogP contribution in [0.5, 0.6) is 0 Å². The largest absolute Gasteiger partial charge is 0.444 e.